The number of piperidine rings is 1. The molecule has 16 heavy (non-hydrogen) atoms. The van der Waals surface area contributed by atoms with Gasteiger partial charge in [-0.3, -0.25) is 9.88 Å². The predicted octanol–water partition coefficient (Wildman–Crippen LogP) is 2.58. The standard InChI is InChI=1S/C12H14BrN3/c13-12-4-11(6-15-7-12)9-16-3-1-2-10(5-14)8-16/h4,6-7,10H,1-3,8-9H2. The van der Waals surface area contributed by atoms with Crippen molar-refractivity contribution in [2.45, 2.75) is 19.4 Å². The number of nitrogens with zero attached hydrogens (tertiary/aromatic N) is 3. The molecule has 3 nitrogen and oxygen atoms in total. The van der Waals surface area contributed by atoms with Crippen LogP contribution in [0.4, 0.5) is 0 Å². The summed E-state index contributed by atoms with van der Waals surface area (Å²) in [6, 6.07) is 4.45. The first-order valence-electron chi connectivity index (χ1n) is 5.49. The molecule has 1 atom stereocenters. The molecule has 2 rings (SSSR count). The third-order valence-electron chi connectivity index (χ3n) is 2.86. The minimum absolute atomic E-state index is 0.203. The monoisotopic (exact) mass is 279 g/mol. The maximum absolute atomic E-state index is 8.92. The van der Waals surface area contributed by atoms with Crippen LogP contribution in [0.1, 0.15) is 18.4 Å². The lowest BCUT2D eigenvalue weighted by atomic mass is 9.99. The van der Waals surface area contributed by atoms with Crippen molar-refractivity contribution in [2.75, 3.05) is 13.1 Å². The van der Waals surface area contributed by atoms with E-state index in [1.807, 2.05) is 6.20 Å². The average Bonchev–Trinajstić information content (AvgIpc) is 2.29. The first-order valence-corrected chi connectivity index (χ1v) is 6.28. The van der Waals surface area contributed by atoms with Crippen molar-refractivity contribution in [2.24, 2.45) is 5.92 Å². The topological polar surface area (TPSA) is 39.9 Å². The second-order valence-corrected chi connectivity index (χ2v) is 5.13. The molecule has 1 fully saturated rings. The van der Waals surface area contributed by atoms with Crippen molar-refractivity contribution < 1.29 is 0 Å². The molecular weight excluding hydrogens is 266 g/mol. The van der Waals surface area contributed by atoms with Crippen LogP contribution in [0.2, 0.25) is 0 Å². The molecule has 0 saturated carbocycles. The summed E-state index contributed by atoms with van der Waals surface area (Å²) in [6.45, 7) is 2.87. The molecule has 2 heterocycles. The summed E-state index contributed by atoms with van der Waals surface area (Å²) in [7, 11) is 0. The molecular formula is C12H14BrN3. The van der Waals surface area contributed by atoms with E-state index < -0.39 is 0 Å². The van der Waals surface area contributed by atoms with Gasteiger partial charge in [-0.25, -0.2) is 0 Å². The van der Waals surface area contributed by atoms with Crippen molar-refractivity contribution in [3.8, 4) is 6.07 Å². The summed E-state index contributed by atoms with van der Waals surface area (Å²) in [6.07, 6.45) is 5.85. The quantitative estimate of drug-likeness (QED) is 0.836. The zero-order valence-electron chi connectivity index (χ0n) is 9.06. The second-order valence-electron chi connectivity index (χ2n) is 4.21. The number of hydrogen-bond donors (Lipinski definition) is 0. The molecule has 0 aromatic carbocycles. The van der Waals surface area contributed by atoms with Crippen LogP contribution in [0.3, 0.4) is 0 Å². The number of aromatic nitrogens is 1. The molecule has 1 unspecified atom stereocenters. The highest BCUT2D eigenvalue weighted by Gasteiger charge is 2.19. The van der Waals surface area contributed by atoms with Gasteiger partial charge in [-0.2, -0.15) is 5.26 Å². The van der Waals surface area contributed by atoms with Crippen LogP contribution in [0.25, 0.3) is 0 Å². The third kappa shape index (κ3) is 3.03. The summed E-state index contributed by atoms with van der Waals surface area (Å²) < 4.78 is 1.01. The number of halogens is 1. The lowest BCUT2D eigenvalue weighted by Crippen LogP contribution is -2.34. The number of rotatable bonds is 2. The maximum atomic E-state index is 8.92. The van der Waals surface area contributed by atoms with E-state index in [1.165, 1.54) is 5.56 Å². The molecule has 0 amide bonds. The fraction of sp³-hybridized carbons (Fsp3) is 0.500. The molecule has 1 aliphatic heterocycles. The molecule has 4 heteroatoms. The molecule has 1 aromatic heterocycles. The molecule has 1 aliphatic rings. The van der Waals surface area contributed by atoms with Crippen LogP contribution in [0, 0.1) is 17.2 Å². The molecule has 0 radical (unpaired) electrons. The van der Waals surface area contributed by atoms with Gasteiger partial charge < -0.3 is 0 Å². The van der Waals surface area contributed by atoms with Crippen molar-refractivity contribution in [1.82, 2.24) is 9.88 Å². The van der Waals surface area contributed by atoms with E-state index >= 15 is 0 Å². The van der Waals surface area contributed by atoms with Gasteiger partial charge in [-0.15, -0.1) is 0 Å². The molecule has 0 bridgehead atoms. The first-order chi connectivity index (χ1) is 7.78. The Balaban J connectivity index is 1.97. The molecule has 0 aliphatic carbocycles. The fourth-order valence-corrected chi connectivity index (χ4v) is 2.52. The van der Waals surface area contributed by atoms with Gasteiger partial charge in [0.2, 0.25) is 0 Å². The van der Waals surface area contributed by atoms with Crippen LogP contribution in [0.5, 0.6) is 0 Å². The maximum Gasteiger partial charge on any atom is 0.0669 e. The molecule has 0 N–H and O–H groups in total. The Morgan fingerprint density at radius 3 is 3.19 bits per heavy atom. The minimum Gasteiger partial charge on any atom is -0.298 e. The van der Waals surface area contributed by atoms with Gasteiger partial charge in [0.1, 0.15) is 0 Å². The van der Waals surface area contributed by atoms with Gasteiger partial charge in [0.25, 0.3) is 0 Å². The SMILES string of the molecule is N#CC1CCCN(Cc2cncc(Br)c2)C1. The Morgan fingerprint density at radius 2 is 2.44 bits per heavy atom. The minimum atomic E-state index is 0.203. The van der Waals surface area contributed by atoms with Crippen molar-refractivity contribution >= 4 is 15.9 Å². The van der Waals surface area contributed by atoms with Gasteiger partial charge >= 0.3 is 0 Å². The van der Waals surface area contributed by atoms with Gasteiger partial charge in [0, 0.05) is 30.0 Å². The number of nitriles is 1. The van der Waals surface area contributed by atoms with Crippen molar-refractivity contribution in [3.63, 3.8) is 0 Å². The smallest absolute Gasteiger partial charge is 0.0669 e. The van der Waals surface area contributed by atoms with Crippen LogP contribution in [-0.2, 0) is 6.54 Å². The van der Waals surface area contributed by atoms with E-state index in [1.54, 1.807) is 6.20 Å². The molecule has 1 aromatic rings. The van der Waals surface area contributed by atoms with Gasteiger partial charge in [-0.05, 0) is 46.9 Å². The van der Waals surface area contributed by atoms with E-state index in [4.69, 9.17) is 5.26 Å². The normalized spacial score (nSPS) is 21.6. The van der Waals surface area contributed by atoms with Crippen LogP contribution in [0.15, 0.2) is 22.9 Å². The Morgan fingerprint density at radius 1 is 1.56 bits per heavy atom. The first kappa shape index (κ1) is 11.6. The Labute approximate surface area is 104 Å². The van der Waals surface area contributed by atoms with E-state index in [0.29, 0.717) is 0 Å². The summed E-state index contributed by atoms with van der Waals surface area (Å²) in [5, 5.41) is 8.92. The summed E-state index contributed by atoms with van der Waals surface area (Å²) in [5.41, 5.74) is 1.20. The largest absolute Gasteiger partial charge is 0.298 e. The highest BCUT2D eigenvalue weighted by molar-refractivity contribution is 9.10. The summed E-state index contributed by atoms with van der Waals surface area (Å²) in [5.74, 6) is 0.203. The van der Waals surface area contributed by atoms with Crippen LogP contribution >= 0.6 is 15.9 Å². The van der Waals surface area contributed by atoms with Crippen molar-refractivity contribution in [3.05, 3.63) is 28.5 Å². The predicted molar refractivity (Wildman–Crippen MR) is 65.6 cm³/mol. The highest BCUT2D eigenvalue weighted by atomic mass is 79.9. The average molecular weight is 280 g/mol. The van der Waals surface area contributed by atoms with E-state index in [9.17, 15) is 0 Å². The van der Waals surface area contributed by atoms with Gasteiger partial charge in [-0.1, -0.05) is 0 Å². The second kappa shape index (κ2) is 5.42. The lowest BCUT2D eigenvalue weighted by Gasteiger charge is -2.29. The summed E-state index contributed by atoms with van der Waals surface area (Å²) in [4.78, 5) is 6.48. The number of hydrogen-bond acceptors (Lipinski definition) is 3. The Kier molecular flexibility index (Phi) is 3.92. The van der Waals surface area contributed by atoms with Gasteiger partial charge in [0.05, 0.1) is 12.0 Å². The Hall–Kier alpha value is -0.920. The van der Waals surface area contributed by atoms with E-state index in [0.717, 1.165) is 36.9 Å². The molecule has 1 saturated heterocycles. The van der Waals surface area contributed by atoms with E-state index in [2.05, 4.69) is 37.9 Å². The zero-order valence-corrected chi connectivity index (χ0v) is 10.7. The van der Waals surface area contributed by atoms with Crippen molar-refractivity contribution in [1.29, 1.82) is 5.26 Å². The number of pyridine rings is 1. The van der Waals surface area contributed by atoms with Crippen LogP contribution in [-0.4, -0.2) is 23.0 Å². The molecule has 0 spiro atoms. The van der Waals surface area contributed by atoms with Crippen LogP contribution < -0.4 is 0 Å². The summed E-state index contributed by atoms with van der Waals surface area (Å²) >= 11 is 3.42. The zero-order chi connectivity index (χ0) is 11.4. The lowest BCUT2D eigenvalue weighted by molar-refractivity contribution is 0.192. The highest BCUT2D eigenvalue weighted by Crippen LogP contribution is 2.18. The Bertz CT molecular complexity index is 399. The number of likely N-dealkylation sites (tertiary alicyclic amines) is 1. The molecule has 84 valence electrons. The fourth-order valence-electron chi connectivity index (χ4n) is 2.11. The van der Waals surface area contributed by atoms with Gasteiger partial charge in [0.15, 0.2) is 0 Å². The third-order valence-corrected chi connectivity index (χ3v) is 3.29. The van der Waals surface area contributed by atoms with E-state index in [-0.39, 0.29) is 5.92 Å².